The molecular formula is C30H53NO7. The van der Waals surface area contributed by atoms with Crippen molar-refractivity contribution in [2.24, 2.45) is 23.7 Å². The van der Waals surface area contributed by atoms with Crippen molar-refractivity contribution in [1.29, 1.82) is 0 Å². The maximum atomic E-state index is 12.7. The highest BCUT2D eigenvalue weighted by molar-refractivity contribution is 5.68. The Morgan fingerprint density at radius 3 is 2.16 bits per heavy atom. The van der Waals surface area contributed by atoms with Crippen molar-refractivity contribution in [2.45, 2.75) is 91.9 Å². The molecule has 0 spiro atoms. The Kier molecular flexibility index (Phi) is 15.1. The van der Waals surface area contributed by atoms with Crippen LogP contribution >= 0.6 is 0 Å². The Hall–Kier alpha value is -2.03. The van der Waals surface area contributed by atoms with Crippen LogP contribution in [0.4, 0.5) is 4.79 Å². The van der Waals surface area contributed by atoms with E-state index in [0.29, 0.717) is 37.6 Å². The van der Waals surface area contributed by atoms with E-state index >= 15 is 0 Å². The first-order valence-electron chi connectivity index (χ1n) is 13.9. The number of alkyl carbamates (subject to hydrolysis) is 1. The molecule has 0 aliphatic heterocycles. The molecule has 0 fully saturated rings. The summed E-state index contributed by atoms with van der Waals surface area (Å²) in [5.74, 6) is 1.96. The lowest BCUT2D eigenvalue weighted by Crippen LogP contribution is -2.48. The van der Waals surface area contributed by atoms with E-state index in [2.05, 4.69) is 19.2 Å². The standard InChI is InChI=1S/C30H53NO7/c1-20(2)23(15-22-11-12-27(36-9)28(16-22)37-14-10-13-35-8)17-25(31-29(34)38-30(5,6)7)26(33)18-24(19-32)21(3)4/h11-12,16,20-21,23-26,32-33H,10,13-15,17-19H2,1-9H3,(H,31,34)/t23-,24+,25-,26+/m0/s1. The minimum atomic E-state index is -0.820. The van der Waals surface area contributed by atoms with E-state index in [1.54, 1.807) is 14.2 Å². The van der Waals surface area contributed by atoms with Crippen LogP contribution in [-0.2, 0) is 15.9 Å². The van der Waals surface area contributed by atoms with Crippen LogP contribution in [-0.4, -0.2) is 68.1 Å². The second-order valence-electron chi connectivity index (χ2n) is 11.9. The number of amides is 1. The third-order valence-electron chi connectivity index (χ3n) is 6.86. The zero-order chi connectivity index (χ0) is 28.9. The van der Waals surface area contributed by atoms with Gasteiger partial charge in [0.15, 0.2) is 11.5 Å². The van der Waals surface area contributed by atoms with Crippen molar-refractivity contribution in [1.82, 2.24) is 5.32 Å². The summed E-state index contributed by atoms with van der Waals surface area (Å²) in [4.78, 5) is 12.7. The van der Waals surface area contributed by atoms with E-state index < -0.39 is 23.8 Å². The van der Waals surface area contributed by atoms with Gasteiger partial charge >= 0.3 is 6.09 Å². The Morgan fingerprint density at radius 1 is 0.974 bits per heavy atom. The number of hydrogen-bond donors (Lipinski definition) is 3. The average molecular weight is 540 g/mol. The summed E-state index contributed by atoms with van der Waals surface area (Å²) in [6.45, 7) is 14.9. The van der Waals surface area contributed by atoms with Crippen LogP contribution in [0.25, 0.3) is 0 Å². The fraction of sp³-hybridized carbons (Fsp3) is 0.767. The summed E-state index contributed by atoms with van der Waals surface area (Å²) in [5.41, 5.74) is 0.442. The lowest BCUT2D eigenvalue weighted by Gasteiger charge is -2.33. The van der Waals surface area contributed by atoms with Crippen LogP contribution in [0.15, 0.2) is 18.2 Å². The van der Waals surface area contributed by atoms with Crippen LogP contribution in [0.2, 0.25) is 0 Å². The molecule has 8 nitrogen and oxygen atoms in total. The molecule has 0 aromatic heterocycles. The highest BCUT2D eigenvalue weighted by Gasteiger charge is 2.31. The average Bonchev–Trinajstić information content (AvgIpc) is 2.82. The number of methoxy groups -OCH3 is 2. The molecule has 0 aliphatic rings. The summed E-state index contributed by atoms with van der Waals surface area (Å²) in [7, 11) is 3.29. The number of carbonyl (C=O) groups excluding carboxylic acids is 1. The number of benzene rings is 1. The Labute approximate surface area is 230 Å². The van der Waals surface area contributed by atoms with Crippen molar-refractivity contribution >= 4 is 6.09 Å². The maximum absolute atomic E-state index is 12.7. The molecule has 3 N–H and O–H groups in total. The van der Waals surface area contributed by atoms with Crippen LogP contribution in [0.5, 0.6) is 11.5 Å². The number of aliphatic hydroxyl groups excluding tert-OH is 2. The van der Waals surface area contributed by atoms with E-state index in [-0.39, 0.29) is 30.3 Å². The molecule has 0 bridgehead atoms. The van der Waals surface area contributed by atoms with Crippen molar-refractivity contribution in [2.75, 3.05) is 34.0 Å². The summed E-state index contributed by atoms with van der Waals surface area (Å²) < 4.78 is 22.1. The quantitative estimate of drug-likeness (QED) is 0.233. The molecule has 0 saturated heterocycles. The van der Waals surface area contributed by atoms with Crippen LogP contribution < -0.4 is 14.8 Å². The number of nitrogens with one attached hydrogen (secondary N) is 1. The molecule has 1 aromatic rings. The molecule has 1 aromatic carbocycles. The molecule has 0 unspecified atom stereocenters. The highest BCUT2D eigenvalue weighted by Crippen LogP contribution is 2.32. The third kappa shape index (κ3) is 12.7. The third-order valence-corrected chi connectivity index (χ3v) is 6.86. The zero-order valence-corrected chi connectivity index (χ0v) is 25.1. The Balaban J connectivity index is 3.13. The summed E-state index contributed by atoms with van der Waals surface area (Å²) in [6.07, 6.45) is 1.10. The Bertz CT molecular complexity index is 806. The molecule has 0 radical (unpaired) electrons. The fourth-order valence-electron chi connectivity index (χ4n) is 4.37. The number of hydrogen-bond acceptors (Lipinski definition) is 7. The number of ether oxygens (including phenoxy) is 4. The molecule has 4 atom stereocenters. The van der Waals surface area contributed by atoms with Gasteiger partial charge in [0, 0.05) is 26.7 Å². The smallest absolute Gasteiger partial charge is 0.407 e. The number of carbonyl (C=O) groups is 1. The lowest BCUT2D eigenvalue weighted by atomic mass is 9.81. The number of aliphatic hydroxyl groups is 2. The molecule has 0 aliphatic carbocycles. The second kappa shape index (κ2) is 16.8. The topological polar surface area (TPSA) is 106 Å². The van der Waals surface area contributed by atoms with Gasteiger partial charge in [-0.15, -0.1) is 0 Å². The maximum Gasteiger partial charge on any atom is 0.407 e. The molecule has 0 saturated carbocycles. The van der Waals surface area contributed by atoms with Gasteiger partial charge in [0.1, 0.15) is 5.60 Å². The molecule has 1 rings (SSSR count). The van der Waals surface area contributed by atoms with Crippen molar-refractivity contribution in [3.8, 4) is 11.5 Å². The minimum Gasteiger partial charge on any atom is -0.493 e. The monoisotopic (exact) mass is 539 g/mol. The van der Waals surface area contributed by atoms with Gasteiger partial charge in [0.2, 0.25) is 0 Å². The summed E-state index contributed by atoms with van der Waals surface area (Å²) in [5, 5.41) is 24.0. The van der Waals surface area contributed by atoms with Crippen molar-refractivity contribution < 1.29 is 34.0 Å². The fourth-order valence-corrected chi connectivity index (χ4v) is 4.37. The van der Waals surface area contributed by atoms with E-state index in [9.17, 15) is 15.0 Å². The van der Waals surface area contributed by atoms with Crippen LogP contribution in [0, 0.1) is 23.7 Å². The van der Waals surface area contributed by atoms with E-state index in [4.69, 9.17) is 18.9 Å². The van der Waals surface area contributed by atoms with Crippen LogP contribution in [0.3, 0.4) is 0 Å². The highest BCUT2D eigenvalue weighted by atomic mass is 16.6. The molecule has 38 heavy (non-hydrogen) atoms. The van der Waals surface area contributed by atoms with E-state index in [0.717, 1.165) is 18.4 Å². The predicted octanol–water partition coefficient (Wildman–Crippen LogP) is 5.22. The minimum absolute atomic E-state index is 0.0134. The molecule has 220 valence electrons. The van der Waals surface area contributed by atoms with E-state index in [1.807, 2.05) is 52.8 Å². The van der Waals surface area contributed by atoms with Gasteiger partial charge in [-0.2, -0.15) is 0 Å². The molecular weight excluding hydrogens is 486 g/mol. The molecule has 1 amide bonds. The van der Waals surface area contributed by atoms with Gasteiger partial charge in [-0.1, -0.05) is 33.8 Å². The van der Waals surface area contributed by atoms with Gasteiger partial charge in [-0.05, 0) is 81.4 Å². The number of rotatable bonds is 17. The normalized spacial score (nSPS) is 15.2. The first kappa shape index (κ1) is 34.0. The predicted molar refractivity (Wildman–Crippen MR) is 151 cm³/mol. The molecule has 0 heterocycles. The lowest BCUT2D eigenvalue weighted by molar-refractivity contribution is 0.0298. The van der Waals surface area contributed by atoms with Gasteiger partial charge < -0.3 is 34.5 Å². The first-order chi connectivity index (χ1) is 17.8. The first-order valence-corrected chi connectivity index (χ1v) is 13.9. The second-order valence-corrected chi connectivity index (χ2v) is 11.9. The SMILES string of the molecule is COCCCOc1cc(C[C@@H](C[C@H](NC(=O)OC(C)(C)C)[C@H](O)C[C@H](CO)C(C)C)C(C)C)ccc1OC. The Morgan fingerprint density at radius 2 is 1.63 bits per heavy atom. The van der Waals surface area contributed by atoms with Gasteiger partial charge in [0.25, 0.3) is 0 Å². The molecule has 8 heteroatoms. The van der Waals surface area contributed by atoms with Gasteiger partial charge in [-0.25, -0.2) is 4.79 Å². The van der Waals surface area contributed by atoms with E-state index in [1.165, 1.54) is 0 Å². The van der Waals surface area contributed by atoms with Gasteiger partial charge in [0.05, 0.1) is 25.9 Å². The van der Waals surface area contributed by atoms with Crippen molar-refractivity contribution in [3.05, 3.63) is 23.8 Å². The van der Waals surface area contributed by atoms with Crippen molar-refractivity contribution in [3.63, 3.8) is 0 Å². The summed E-state index contributed by atoms with van der Waals surface area (Å²) in [6, 6.07) is 5.43. The summed E-state index contributed by atoms with van der Waals surface area (Å²) >= 11 is 0. The van der Waals surface area contributed by atoms with Crippen LogP contribution in [0.1, 0.15) is 73.3 Å². The largest absolute Gasteiger partial charge is 0.493 e. The van der Waals surface area contributed by atoms with Gasteiger partial charge in [-0.3, -0.25) is 0 Å². The zero-order valence-electron chi connectivity index (χ0n) is 25.1.